The zero-order valence-corrected chi connectivity index (χ0v) is 12.3. The molecule has 1 atom stereocenters. The van der Waals surface area contributed by atoms with Crippen LogP contribution in [0.1, 0.15) is 32.2 Å². The van der Waals surface area contributed by atoms with Crippen LogP contribution in [0, 0.1) is 12.8 Å². The lowest BCUT2D eigenvalue weighted by Gasteiger charge is -2.21. The molecule has 1 N–H and O–H groups in total. The maximum absolute atomic E-state index is 4.42. The number of nitrogens with one attached hydrogen (secondary N) is 1. The second-order valence-corrected chi connectivity index (χ2v) is 5.39. The number of hydrogen-bond donors (Lipinski definition) is 1. The summed E-state index contributed by atoms with van der Waals surface area (Å²) in [5.41, 5.74) is 2.10. The molecule has 2 aromatic rings. The van der Waals surface area contributed by atoms with Gasteiger partial charge >= 0.3 is 0 Å². The molecule has 3 nitrogen and oxygen atoms in total. The molecule has 1 aromatic carbocycles. The number of rotatable bonds is 5. The number of aryl methyl sites for hydroxylation is 1. The number of likely N-dealkylation sites (N-methyl/N-ethyl adjacent to an activating group) is 1. The van der Waals surface area contributed by atoms with E-state index in [9.17, 15) is 0 Å². The van der Waals surface area contributed by atoms with Gasteiger partial charge in [-0.15, -0.1) is 0 Å². The minimum Gasteiger partial charge on any atom is -0.314 e. The average Bonchev–Trinajstić information content (AvgIpc) is 2.41. The van der Waals surface area contributed by atoms with Gasteiger partial charge in [-0.2, -0.15) is 10.2 Å². The first-order chi connectivity index (χ1) is 9.13. The van der Waals surface area contributed by atoms with Gasteiger partial charge in [0.05, 0.1) is 11.4 Å². The summed E-state index contributed by atoms with van der Waals surface area (Å²) in [4.78, 5) is 0. The minimum absolute atomic E-state index is 0.449. The number of nitrogens with zero attached hydrogens (tertiary/aromatic N) is 2. The summed E-state index contributed by atoms with van der Waals surface area (Å²) in [5, 5.41) is 14.7. The van der Waals surface area contributed by atoms with E-state index in [2.05, 4.69) is 60.6 Å². The van der Waals surface area contributed by atoms with E-state index < -0.39 is 0 Å². The van der Waals surface area contributed by atoms with Crippen molar-refractivity contribution in [2.75, 3.05) is 6.54 Å². The van der Waals surface area contributed by atoms with Gasteiger partial charge in [-0.1, -0.05) is 45.0 Å². The molecule has 0 fully saturated rings. The molecular formula is C16H23N3. The first kappa shape index (κ1) is 13.9. The molecule has 0 aliphatic rings. The second kappa shape index (κ2) is 6.11. The van der Waals surface area contributed by atoms with Crippen molar-refractivity contribution in [2.24, 2.45) is 5.92 Å². The SMILES string of the molecule is CCNC(Cc1nnc(C)c2ccccc12)C(C)C. The first-order valence-corrected chi connectivity index (χ1v) is 7.07. The van der Waals surface area contributed by atoms with Crippen molar-refractivity contribution in [3.8, 4) is 0 Å². The summed E-state index contributed by atoms with van der Waals surface area (Å²) in [6.07, 6.45) is 0.930. The fourth-order valence-corrected chi connectivity index (χ4v) is 2.46. The smallest absolute Gasteiger partial charge is 0.0725 e. The number of hydrogen-bond acceptors (Lipinski definition) is 3. The Bertz CT molecular complexity index is 549. The summed E-state index contributed by atoms with van der Waals surface area (Å²) in [6, 6.07) is 8.86. The van der Waals surface area contributed by atoms with Gasteiger partial charge in [-0.25, -0.2) is 0 Å². The highest BCUT2D eigenvalue weighted by Crippen LogP contribution is 2.20. The van der Waals surface area contributed by atoms with Gasteiger partial charge < -0.3 is 5.32 Å². The topological polar surface area (TPSA) is 37.8 Å². The summed E-state index contributed by atoms with van der Waals surface area (Å²) >= 11 is 0. The fraction of sp³-hybridized carbons (Fsp3) is 0.500. The van der Waals surface area contributed by atoms with Crippen LogP contribution in [0.4, 0.5) is 0 Å². The van der Waals surface area contributed by atoms with Crippen molar-refractivity contribution >= 4 is 10.8 Å². The van der Waals surface area contributed by atoms with Crippen molar-refractivity contribution in [2.45, 2.75) is 40.2 Å². The predicted molar refractivity (Wildman–Crippen MR) is 80.3 cm³/mol. The molecule has 0 amide bonds. The Morgan fingerprint density at radius 1 is 1.11 bits per heavy atom. The van der Waals surface area contributed by atoms with E-state index in [1.54, 1.807) is 0 Å². The van der Waals surface area contributed by atoms with Gasteiger partial charge in [0.15, 0.2) is 0 Å². The molecule has 3 heteroatoms. The van der Waals surface area contributed by atoms with Crippen LogP contribution in [0.15, 0.2) is 24.3 Å². The molecule has 0 aliphatic carbocycles. The van der Waals surface area contributed by atoms with Crippen LogP contribution in [-0.2, 0) is 6.42 Å². The average molecular weight is 257 g/mol. The zero-order chi connectivity index (χ0) is 13.8. The molecule has 0 aliphatic heterocycles. The first-order valence-electron chi connectivity index (χ1n) is 7.07. The van der Waals surface area contributed by atoms with Crippen molar-refractivity contribution in [3.63, 3.8) is 0 Å². The summed E-state index contributed by atoms with van der Waals surface area (Å²) in [6.45, 7) is 9.64. The lowest BCUT2D eigenvalue weighted by molar-refractivity contribution is 0.402. The Balaban J connectivity index is 2.37. The van der Waals surface area contributed by atoms with Gasteiger partial charge in [0, 0.05) is 23.2 Å². The third kappa shape index (κ3) is 3.10. The molecule has 19 heavy (non-hydrogen) atoms. The highest BCUT2D eigenvalue weighted by molar-refractivity contribution is 5.86. The maximum Gasteiger partial charge on any atom is 0.0725 e. The van der Waals surface area contributed by atoms with E-state index in [-0.39, 0.29) is 0 Å². The zero-order valence-electron chi connectivity index (χ0n) is 12.3. The Kier molecular flexibility index (Phi) is 4.48. The number of aromatic nitrogens is 2. The van der Waals surface area contributed by atoms with Gasteiger partial charge in [0.25, 0.3) is 0 Å². The largest absolute Gasteiger partial charge is 0.314 e. The lowest BCUT2D eigenvalue weighted by Crippen LogP contribution is -2.36. The molecule has 0 bridgehead atoms. The second-order valence-electron chi connectivity index (χ2n) is 5.39. The Labute approximate surface area is 115 Å². The van der Waals surface area contributed by atoms with Crippen molar-refractivity contribution in [1.82, 2.24) is 15.5 Å². The Morgan fingerprint density at radius 2 is 1.79 bits per heavy atom. The summed E-state index contributed by atoms with van der Waals surface area (Å²) in [7, 11) is 0. The van der Waals surface area contributed by atoms with Crippen LogP contribution in [0.5, 0.6) is 0 Å². The van der Waals surface area contributed by atoms with E-state index in [0.29, 0.717) is 12.0 Å². The molecule has 0 radical (unpaired) electrons. The molecule has 1 aromatic heterocycles. The van der Waals surface area contributed by atoms with Crippen molar-refractivity contribution < 1.29 is 0 Å². The molecule has 0 saturated carbocycles. The standard InChI is InChI=1S/C16H23N3/c1-5-17-15(11(2)3)10-16-14-9-7-6-8-13(14)12(4)18-19-16/h6-9,11,15,17H,5,10H2,1-4H3. The monoisotopic (exact) mass is 257 g/mol. The predicted octanol–water partition coefficient (Wildman–Crippen LogP) is 3.11. The minimum atomic E-state index is 0.449. The van der Waals surface area contributed by atoms with Gasteiger partial charge in [0.1, 0.15) is 0 Å². The summed E-state index contributed by atoms with van der Waals surface area (Å²) < 4.78 is 0. The van der Waals surface area contributed by atoms with E-state index in [0.717, 1.165) is 24.4 Å². The third-order valence-electron chi connectivity index (χ3n) is 3.63. The molecule has 102 valence electrons. The third-order valence-corrected chi connectivity index (χ3v) is 3.63. The Morgan fingerprint density at radius 3 is 2.42 bits per heavy atom. The van der Waals surface area contributed by atoms with Gasteiger partial charge in [-0.05, 0) is 19.4 Å². The summed E-state index contributed by atoms with van der Waals surface area (Å²) in [5.74, 6) is 0.585. The van der Waals surface area contributed by atoms with E-state index in [1.165, 1.54) is 10.8 Å². The van der Waals surface area contributed by atoms with Crippen molar-refractivity contribution in [3.05, 3.63) is 35.7 Å². The van der Waals surface area contributed by atoms with Crippen LogP contribution >= 0.6 is 0 Å². The highest BCUT2D eigenvalue weighted by Gasteiger charge is 2.16. The molecule has 2 rings (SSSR count). The van der Waals surface area contributed by atoms with Crippen LogP contribution in [-0.4, -0.2) is 22.8 Å². The number of benzene rings is 1. The maximum atomic E-state index is 4.42. The van der Waals surface area contributed by atoms with Crippen LogP contribution < -0.4 is 5.32 Å². The molecular weight excluding hydrogens is 234 g/mol. The van der Waals surface area contributed by atoms with Gasteiger partial charge in [-0.3, -0.25) is 0 Å². The molecule has 1 unspecified atom stereocenters. The van der Waals surface area contributed by atoms with E-state index >= 15 is 0 Å². The highest BCUT2D eigenvalue weighted by atomic mass is 15.1. The number of fused-ring (bicyclic) bond motifs is 1. The van der Waals surface area contributed by atoms with Crippen LogP contribution in [0.3, 0.4) is 0 Å². The fourth-order valence-electron chi connectivity index (χ4n) is 2.46. The Hall–Kier alpha value is -1.48. The van der Waals surface area contributed by atoms with Crippen LogP contribution in [0.2, 0.25) is 0 Å². The lowest BCUT2D eigenvalue weighted by atomic mass is 9.96. The van der Waals surface area contributed by atoms with Crippen LogP contribution in [0.25, 0.3) is 10.8 Å². The molecule has 0 saturated heterocycles. The molecule has 0 spiro atoms. The van der Waals surface area contributed by atoms with E-state index in [4.69, 9.17) is 0 Å². The van der Waals surface area contributed by atoms with Gasteiger partial charge in [0.2, 0.25) is 0 Å². The normalized spacial score (nSPS) is 13.1. The quantitative estimate of drug-likeness (QED) is 0.894. The van der Waals surface area contributed by atoms with E-state index in [1.807, 2.05) is 6.92 Å². The molecule has 1 heterocycles. The van der Waals surface area contributed by atoms with Crippen molar-refractivity contribution in [1.29, 1.82) is 0 Å².